The largest absolute Gasteiger partial charge is 0.147 e. The Bertz CT molecular complexity index is 1030. The molecule has 0 bridgehead atoms. The number of hydrogen-bond donors (Lipinski definition) is 0. The van der Waals surface area contributed by atoms with Crippen LogP contribution in [0.25, 0.3) is 11.1 Å². The molecule has 0 aromatic heterocycles. The summed E-state index contributed by atoms with van der Waals surface area (Å²) in [5.74, 6) is -0.369. The van der Waals surface area contributed by atoms with Gasteiger partial charge in [-0.3, -0.25) is 0 Å². The van der Waals surface area contributed by atoms with E-state index < -0.39 is 25.8 Å². The summed E-state index contributed by atoms with van der Waals surface area (Å²) in [4.78, 5) is 0. The van der Waals surface area contributed by atoms with Gasteiger partial charge >= 0.3 is 174 Å². The van der Waals surface area contributed by atoms with Crippen LogP contribution < -0.4 is 0 Å². The molecule has 2 aliphatic carbocycles. The van der Waals surface area contributed by atoms with Crippen LogP contribution in [-0.4, -0.2) is 5.43 Å². The summed E-state index contributed by atoms with van der Waals surface area (Å²) < 4.78 is 30.8. The van der Waals surface area contributed by atoms with E-state index in [2.05, 4.69) is 37.4 Å². The van der Waals surface area contributed by atoms with E-state index in [-0.39, 0.29) is 36.4 Å². The molecule has 4 rings (SSSR count). The van der Waals surface area contributed by atoms with E-state index in [9.17, 15) is 8.78 Å². The van der Waals surface area contributed by atoms with Crippen LogP contribution in [0.15, 0.2) is 79.4 Å². The Morgan fingerprint density at radius 2 is 1.17 bits per heavy atom. The molecule has 0 saturated heterocycles. The topological polar surface area (TPSA) is 0 Å². The van der Waals surface area contributed by atoms with E-state index in [1.54, 1.807) is 30.8 Å². The summed E-state index contributed by atoms with van der Waals surface area (Å²) in [6.45, 7) is 4.84. The van der Waals surface area contributed by atoms with Crippen molar-refractivity contribution in [3.63, 3.8) is 0 Å². The van der Waals surface area contributed by atoms with E-state index in [1.807, 2.05) is 12.1 Å². The van der Waals surface area contributed by atoms with Gasteiger partial charge in [-0.05, 0) is 0 Å². The Balaban J connectivity index is 0.00000160. The average molecular weight is 541 g/mol. The molecule has 0 nitrogen and oxygen atoms in total. The minimum Gasteiger partial charge on any atom is -0.147 e. The molecule has 0 atom stereocenters. The van der Waals surface area contributed by atoms with Gasteiger partial charge in [0.15, 0.2) is 0 Å². The molecule has 6 heteroatoms. The maximum atomic E-state index is 13.9. The zero-order chi connectivity index (χ0) is 19.7. The molecule has 2 aromatic rings. The summed E-state index contributed by atoms with van der Waals surface area (Å²) in [5.41, 5.74) is 3.92. The van der Waals surface area contributed by atoms with Gasteiger partial charge in [-0.25, -0.2) is 0 Å². The van der Waals surface area contributed by atoms with Crippen LogP contribution in [0, 0.1) is 11.6 Å². The summed E-state index contributed by atoms with van der Waals surface area (Å²) in [7, 11) is 0. The van der Waals surface area contributed by atoms with Gasteiger partial charge in [0, 0.05) is 0 Å². The van der Waals surface area contributed by atoms with Gasteiger partial charge < -0.3 is 0 Å². The minimum atomic E-state index is -2.13. The molecule has 0 N–H and O–H groups in total. The zero-order valence-corrected chi connectivity index (χ0v) is 22.0. The van der Waals surface area contributed by atoms with Gasteiger partial charge in [0.05, 0.1) is 0 Å². The van der Waals surface area contributed by atoms with E-state index in [0.29, 0.717) is 0 Å². The van der Waals surface area contributed by atoms with Gasteiger partial charge in [0.2, 0.25) is 0 Å². The summed E-state index contributed by atoms with van der Waals surface area (Å²) in [5, 5.41) is 0. The predicted octanol–water partition coefficient (Wildman–Crippen LogP) is 7.72. The van der Waals surface area contributed by atoms with Crippen molar-refractivity contribution in [3.8, 4) is 0 Å². The van der Waals surface area contributed by atoms with Crippen molar-refractivity contribution in [2.75, 3.05) is 0 Å². The van der Waals surface area contributed by atoms with Gasteiger partial charge in [0.25, 0.3) is 0 Å². The Morgan fingerprint density at radius 1 is 0.733 bits per heavy atom. The SMILES string of the molecule is C[Si](C)=[Zr]([C]1=C(c2cccc(F)c2)C=CC1)[C]1=C(c2cccc(F)c2)C=CC1.Cl.Cl. The number of allylic oxidation sites excluding steroid dienone is 8. The Labute approximate surface area is 197 Å². The number of benzene rings is 2. The van der Waals surface area contributed by atoms with Crippen molar-refractivity contribution in [2.24, 2.45) is 0 Å². The predicted molar refractivity (Wildman–Crippen MR) is 126 cm³/mol. The van der Waals surface area contributed by atoms with Crippen molar-refractivity contribution in [1.82, 2.24) is 0 Å². The second-order valence-corrected chi connectivity index (χ2v) is 24.5. The normalized spacial score (nSPS) is 14.7. The molecule has 2 aliphatic rings. The number of halogens is 4. The second kappa shape index (κ2) is 11.0. The van der Waals surface area contributed by atoms with E-state index in [0.717, 1.165) is 24.0 Å². The number of hydrogen-bond acceptors (Lipinski definition) is 0. The third-order valence-electron chi connectivity index (χ3n) is 5.24. The van der Waals surface area contributed by atoms with Crippen LogP contribution in [0.2, 0.25) is 13.1 Å². The number of rotatable bonds is 4. The third-order valence-corrected chi connectivity index (χ3v) is 22.5. The van der Waals surface area contributed by atoms with Crippen LogP contribution in [0.4, 0.5) is 8.78 Å². The summed E-state index contributed by atoms with van der Waals surface area (Å²) >= 11 is -2.13. The molecule has 0 saturated carbocycles. The fourth-order valence-corrected chi connectivity index (χ4v) is 22.0. The third kappa shape index (κ3) is 5.22. The van der Waals surface area contributed by atoms with Crippen molar-refractivity contribution >= 4 is 41.4 Å². The standard InChI is InChI=1S/2C11H8F.C2H6Si.2ClH.Zr/c2*12-11-7-3-6-10(8-11)9-4-1-2-5-9;1-3-2;;;/h2*1,3-4,6-8H,2H2;1-2H3;2*1H;. The van der Waals surface area contributed by atoms with Crippen LogP contribution in [0.1, 0.15) is 24.0 Å². The zero-order valence-electron chi connectivity index (χ0n) is 16.9. The van der Waals surface area contributed by atoms with Crippen LogP contribution in [0.5, 0.6) is 0 Å². The molecule has 2 aromatic carbocycles. The molecular formula is C24H24Cl2F2SiZr. The molecule has 0 radical (unpaired) electrons. The smallest absolute Gasteiger partial charge is 0.147 e. The van der Waals surface area contributed by atoms with Crippen LogP contribution in [-0.2, 0) is 20.4 Å². The van der Waals surface area contributed by atoms with Gasteiger partial charge in [-0.2, -0.15) is 0 Å². The monoisotopic (exact) mass is 538 g/mol. The van der Waals surface area contributed by atoms with Gasteiger partial charge in [0.1, 0.15) is 0 Å². The maximum absolute atomic E-state index is 13.9. The molecule has 0 unspecified atom stereocenters. The molecule has 0 fully saturated rings. The van der Waals surface area contributed by atoms with Crippen molar-refractivity contribution in [2.45, 2.75) is 25.9 Å². The van der Waals surface area contributed by atoms with Crippen molar-refractivity contribution in [3.05, 3.63) is 102 Å². The summed E-state index contributed by atoms with van der Waals surface area (Å²) in [6, 6.07) is 13.9. The van der Waals surface area contributed by atoms with E-state index in [4.69, 9.17) is 0 Å². The molecule has 156 valence electrons. The summed E-state index contributed by atoms with van der Waals surface area (Å²) in [6.07, 6.45) is 10.8. The van der Waals surface area contributed by atoms with Gasteiger partial charge in [-0.15, -0.1) is 24.8 Å². The first-order valence-electron chi connectivity index (χ1n) is 9.54. The van der Waals surface area contributed by atoms with Crippen molar-refractivity contribution < 1.29 is 29.1 Å². The molecular weight excluding hydrogens is 516 g/mol. The maximum Gasteiger partial charge on any atom is -0.147 e. The molecule has 0 aliphatic heterocycles. The first kappa shape index (κ1) is 25.2. The van der Waals surface area contributed by atoms with Crippen molar-refractivity contribution in [1.29, 1.82) is 0 Å². The average Bonchev–Trinajstić information content (AvgIpc) is 3.32. The van der Waals surface area contributed by atoms with Crippen LogP contribution in [0.3, 0.4) is 0 Å². The first-order chi connectivity index (χ1) is 13.5. The first-order valence-corrected chi connectivity index (χ1v) is 18.2. The molecule has 0 spiro atoms. The Morgan fingerprint density at radius 3 is 1.53 bits per heavy atom. The van der Waals surface area contributed by atoms with E-state index in [1.165, 1.54) is 23.3 Å². The Kier molecular flexibility index (Phi) is 9.24. The quantitative estimate of drug-likeness (QED) is 0.348. The fraction of sp³-hybridized carbons (Fsp3) is 0.167. The van der Waals surface area contributed by atoms with Gasteiger partial charge in [-0.1, -0.05) is 0 Å². The van der Waals surface area contributed by atoms with E-state index >= 15 is 0 Å². The molecule has 0 amide bonds. The molecule has 0 heterocycles. The fourth-order valence-electron chi connectivity index (χ4n) is 4.12. The minimum absolute atomic E-state index is 0. The molecule has 30 heavy (non-hydrogen) atoms. The second-order valence-electron chi connectivity index (χ2n) is 7.39. The Hall–Kier alpha value is -1.06. The van der Waals surface area contributed by atoms with Crippen LogP contribution >= 0.6 is 24.8 Å².